The van der Waals surface area contributed by atoms with Crippen molar-refractivity contribution in [3.05, 3.63) is 68.4 Å². The minimum absolute atomic E-state index is 0.361. The van der Waals surface area contributed by atoms with Crippen molar-refractivity contribution in [1.29, 1.82) is 0 Å². The zero-order valence-corrected chi connectivity index (χ0v) is 14.9. The van der Waals surface area contributed by atoms with Crippen molar-refractivity contribution in [3.63, 3.8) is 0 Å². The molecule has 1 saturated heterocycles. The molecule has 0 saturated carbocycles. The molecule has 1 heterocycles. The summed E-state index contributed by atoms with van der Waals surface area (Å²) >= 11 is 0. The van der Waals surface area contributed by atoms with Gasteiger partial charge in [0.2, 0.25) is 0 Å². The largest absolute Gasteiger partial charge is 0.374 e. The summed E-state index contributed by atoms with van der Waals surface area (Å²) in [7, 11) is 0. The number of fused-ring (bicyclic) bond motifs is 4. The maximum Gasteiger partial charge on any atom is 0.0793 e. The molecule has 1 fully saturated rings. The molecule has 1 heteroatoms. The van der Waals surface area contributed by atoms with Gasteiger partial charge in [-0.3, -0.25) is 0 Å². The van der Waals surface area contributed by atoms with Crippen LogP contribution in [0.25, 0.3) is 11.6 Å². The van der Waals surface area contributed by atoms with Crippen molar-refractivity contribution >= 4 is 11.6 Å². The van der Waals surface area contributed by atoms with E-state index in [2.05, 4.69) is 42.5 Å². The maximum atomic E-state index is 6.25. The Balaban J connectivity index is 1.76. The van der Waals surface area contributed by atoms with Crippen LogP contribution in [-0.4, -0.2) is 12.7 Å². The van der Waals surface area contributed by atoms with Crippen LogP contribution in [0.1, 0.15) is 49.7 Å². The van der Waals surface area contributed by atoms with Gasteiger partial charge in [0.1, 0.15) is 0 Å². The Bertz CT molecular complexity index is 1010. The van der Waals surface area contributed by atoms with E-state index < -0.39 is 0 Å². The lowest BCUT2D eigenvalue weighted by Crippen LogP contribution is -2.28. The van der Waals surface area contributed by atoms with Crippen molar-refractivity contribution in [2.24, 2.45) is 0 Å². The van der Waals surface area contributed by atoms with E-state index in [4.69, 9.17) is 4.74 Å². The molecule has 5 rings (SSSR count). The van der Waals surface area contributed by atoms with Crippen LogP contribution in [0.15, 0.2) is 36.4 Å². The second-order valence-corrected chi connectivity index (χ2v) is 7.70. The van der Waals surface area contributed by atoms with Crippen LogP contribution in [0.5, 0.6) is 0 Å². The summed E-state index contributed by atoms with van der Waals surface area (Å²) in [6.45, 7) is 0.940. The molecule has 1 nitrogen and oxygen atoms in total. The quantitative estimate of drug-likeness (QED) is 0.774. The van der Waals surface area contributed by atoms with Gasteiger partial charge >= 0.3 is 0 Å². The predicted molar refractivity (Wildman–Crippen MR) is 103 cm³/mol. The first-order chi connectivity index (χ1) is 12.4. The van der Waals surface area contributed by atoms with E-state index in [1.807, 2.05) is 0 Å². The molecular formula is C24H26O. The summed E-state index contributed by atoms with van der Waals surface area (Å²) in [5, 5.41) is 5.77. The Hall–Kier alpha value is -1.86. The molecule has 3 aliphatic rings. The molecule has 1 atom stereocenters. The smallest absolute Gasteiger partial charge is 0.0793 e. The Morgan fingerprint density at radius 3 is 2.68 bits per heavy atom. The second-order valence-electron chi connectivity index (χ2n) is 7.70. The molecule has 25 heavy (non-hydrogen) atoms. The zero-order valence-electron chi connectivity index (χ0n) is 14.9. The molecule has 0 aromatic heterocycles. The molecule has 2 aromatic rings. The van der Waals surface area contributed by atoms with Gasteiger partial charge < -0.3 is 4.74 Å². The summed E-state index contributed by atoms with van der Waals surface area (Å²) in [5.74, 6) is 0. The average Bonchev–Trinajstić information content (AvgIpc) is 2.96. The standard InChI is InChI=1S/C24H26O/c1-2-11-24(25-16-5-1)23-10-6-9-19-21-13-12-17-7-3-4-8-18(17)20(21)14-15-22(19)23/h3-4,7-8,12,14-15,24H,1-2,5-6,9-11,13,16H2. The van der Waals surface area contributed by atoms with Gasteiger partial charge in [0.25, 0.3) is 0 Å². The van der Waals surface area contributed by atoms with Crippen molar-refractivity contribution in [1.82, 2.24) is 0 Å². The molecule has 0 amide bonds. The van der Waals surface area contributed by atoms with Crippen molar-refractivity contribution < 1.29 is 4.74 Å². The van der Waals surface area contributed by atoms with E-state index in [0.717, 1.165) is 13.0 Å². The monoisotopic (exact) mass is 330 g/mol. The summed E-state index contributed by atoms with van der Waals surface area (Å²) in [4.78, 5) is 0. The third-order valence-corrected chi connectivity index (χ3v) is 6.25. The number of ether oxygens (including phenoxy) is 1. The highest BCUT2D eigenvalue weighted by molar-refractivity contribution is 5.56. The lowest BCUT2D eigenvalue weighted by molar-refractivity contribution is 0.0949. The van der Waals surface area contributed by atoms with Crippen LogP contribution in [0.4, 0.5) is 0 Å². The van der Waals surface area contributed by atoms with Crippen LogP contribution >= 0.6 is 0 Å². The fourth-order valence-electron chi connectivity index (χ4n) is 5.01. The first-order valence-corrected chi connectivity index (χ1v) is 9.97. The van der Waals surface area contributed by atoms with E-state index in [9.17, 15) is 0 Å². The summed E-state index contributed by atoms with van der Waals surface area (Å²) in [6.07, 6.45) is 12.7. The minimum Gasteiger partial charge on any atom is -0.374 e. The molecule has 2 aromatic carbocycles. The Kier molecular flexibility index (Phi) is 3.98. The molecule has 1 aliphatic heterocycles. The summed E-state index contributed by atoms with van der Waals surface area (Å²) in [6, 6.07) is 13.6. The molecule has 0 N–H and O–H groups in total. The number of hydrogen-bond acceptors (Lipinski definition) is 1. The van der Waals surface area contributed by atoms with Gasteiger partial charge in [0.15, 0.2) is 0 Å². The van der Waals surface area contributed by atoms with Crippen LogP contribution in [0.2, 0.25) is 0 Å². The molecule has 0 radical (unpaired) electrons. The third kappa shape index (κ3) is 2.66. The van der Waals surface area contributed by atoms with Crippen molar-refractivity contribution in [2.45, 2.75) is 57.5 Å². The first-order valence-electron chi connectivity index (χ1n) is 9.97. The molecule has 128 valence electrons. The van der Waals surface area contributed by atoms with Crippen molar-refractivity contribution in [2.75, 3.05) is 6.61 Å². The highest BCUT2D eigenvalue weighted by Crippen LogP contribution is 2.28. The molecular weight excluding hydrogens is 304 g/mol. The Labute approximate surface area is 149 Å². The topological polar surface area (TPSA) is 9.23 Å². The number of benzene rings is 2. The van der Waals surface area contributed by atoms with Gasteiger partial charge in [-0.25, -0.2) is 0 Å². The lowest BCUT2D eigenvalue weighted by Gasteiger charge is -2.25. The van der Waals surface area contributed by atoms with Crippen LogP contribution in [0, 0.1) is 10.4 Å². The predicted octanol–water partition coefficient (Wildman–Crippen LogP) is 3.76. The van der Waals surface area contributed by atoms with E-state index in [0.29, 0.717) is 6.10 Å². The van der Waals surface area contributed by atoms with Gasteiger partial charge in [-0.15, -0.1) is 0 Å². The highest BCUT2D eigenvalue weighted by atomic mass is 16.5. The van der Waals surface area contributed by atoms with Gasteiger partial charge in [-0.1, -0.05) is 55.3 Å². The van der Waals surface area contributed by atoms with E-state index in [1.54, 1.807) is 16.7 Å². The fourth-order valence-corrected chi connectivity index (χ4v) is 5.01. The minimum atomic E-state index is 0.361. The summed E-state index contributed by atoms with van der Waals surface area (Å²) in [5.41, 5.74) is 4.77. The highest BCUT2D eigenvalue weighted by Gasteiger charge is 2.22. The average molecular weight is 330 g/mol. The van der Waals surface area contributed by atoms with E-state index in [-0.39, 0.29) is 0 Å². The van der Waals surface area contributed by atoms with E-state index in [1.165, 1.54) is 65.8 Å². The molecule has 0 spiro atoms. The van der Waals surface area contributed by atoms with Crippen LogP contribution < -0.4 is 10.4 Å². The van der Waals surface area contributed by atoms with Gasteiger partial charge in [-0.05, 0) is 76.1 Å². The van der Waals surface area contributed by atoms with Gasteiger partial charge in [0, 0.05) is 6.61 Å². The Morgan fingerprint density at radius 1 is 0.760 bits per heavy atom. The number of rotatable bonds is 1. The van der Waals surface area contributed by atoms with Crippen LogP contribution in [-0.2, 0) is 17.6 Å². The third-order valence-electron chi connectivity index (χ3n) is 6.25. The second kappa shape index (κ2) is 6.46. The molecule has 2 aliphatic carbocycles. The summed E-state index contributed by atoms with van der Waals surface area (Å²) < 4.78 is 6.25. The Morgan fingerprint density at radius 2 is 1.68 bits per heavy atom. The lowest BCUT2D eigenvalue weighted by atomic mass is 9.83. The van der Waals surface area contributed by atoms with Gasteiger partial charge in [0.05, 0.1) is 6.10 Å². The van der Waals surface area contributed by atoms with Gasteiger partial charge in [-0.2, -0.15) is 0 Å². The SMILES string of the molecule is C1=c2ccccc2=c2ccc3c(c2C1)CCCC=3C1CCCCCO1. The van der Waals surface area contributed by atoms with Crippen LogP contribution in [0.3, 0.4) is 0 Å². The number of hydrogen-bond donors (Lipinski definition) is 0. The van der Waals surface area contributed by atoms with Crippen molar-refractivity contribution in [3.8, 4) is 0 Å². The van der Waals surface area contributed by atoms with E-state index >= 15 is 0 Å². The fraction of sp³-hybridized carbons (Fsp3) is 0.417. The molecule has 0 bridgehead atoms. The molecule has 1 unspecified atom stereocenters. The maximum absolute atomic E-state index is 6.25. The normalized spacial score (nSPS) is 22.2. The first kappa shape index (κ1) is 15.4. The zero-order chi connectivity index (χ0) is 16.6.